The highest BCUT2D eigenvalue weighted by molar-refractivity contribution is 7.12. The summed E-state index contributed by atoms with van der Waals surface area (Å²) in [6, 6.07) is 9.88. The number of ketones is 1. The van der Waals surface area contributed by atoms with Crippen molar-refractivity contribution in [1.29, 1.82) is 0 Å². The minimum Gasteiger partial charge on any atom is -0.496 e. The molecule has 1 fully saturated rings. The van der Waals surface area contributed by atoms with Crippen molar-refractivity contribution in [3.8, 4) is 5.75 Å². The molecule has 3 rings (SSSR count). The molecule has 1 aromatic heterocycles. The van der Waals surface area contributed by atoms with Crippen LogP contribution in [0.5, 0.6) is 5.75 Å². The maximum Gasteiger partial charge on any atom is 0.185 e. The lowest BCUT2D eigenvalue weighted by molar-refractivity contribution is -0.901. The zero-order valence-electron chi connectivity index (χ0n) is 14.3. The number of benzene rings is 1. The molecule has 1 aromatic carbocycles. The van der Waals surface area contributed by atoms with Crippen LogP contribution in [0.25, 0.3) is 6.08 Å². The van der Waals surface area contributed by atoms with E-state index in [0.717, 1.165) is 28.3 Å². The molecule has 1 N–H and O–H groups in total. The zero-order valence-corrected chi connectivity index (χ0v) is 15.1. The van der Waals surface area contributed by atoms with Gasteiger partial charge in [0.1, 0.15) is 12.3 Å². The van der Waals surface area contributed by atoms with Gasteiger partial charge in [-0.1, -0.05) is 0 Å². The predicted molar refractivity (Wildman–Crippen MR) is 99.0 cm³/mol. The van der Waals surface area contributed by atoms with E-state index in [0.29, 0.717) is 0 Å². The van der Waals surface area contributed by atoms with Gasteiger partial charge >= 0.3 is 0 Å². The maximum absolute atomic E-state index is 12.5. The zero-order chi connectivity index (χ0) is 16.9. The van der Waals surface area contributed by atoms with Crippen LogP contribution in [0, 0.1) is 6.92 Å². The molecular weight excluding hydrogens is 318 g/mol. The van der Waals surface area contributed by atoms with E-state index in [9.17, 15) is 4.79 Å². The number of hydrogen-bond donors (Lipinski definition) is 1. The Morgan fingerprint density at radius 1 is 1.25 bits per heavy atom. The van der Waals surface area contributed by atoms with Gasteiger partial charge in [0.15, 0.2) is 5.78 Å². The summed E-state index contributed by atoms with van der Waals surface area (Å²) in [6.07, 6.45) is 6.15. The van der Waals surface area contributed by atoms with Gasteiger partial charge in [-0.25, -0.2) is 0 Å². The second-order valence-electron chi connectivity index (χ2n) is 6.31. The number of carbonyl (C=O) groups excluding carboxylic acids is 1. The summed E-state index contributed by atoms with van der Waals surface area (Å²) in [5, 5.41) is 0. The summed E-state index contributed by atoms with van der Waals surface area (Å²) < 4.78 is 5.48. The van der Waals surface area contributed by atoms with E-state index in [4.69, 9.17) is 4.74 Å². The summed E-state index contributed by atoms with van der Waals surface area (Å²) in [6.45, 7) is 5.41. The van der Waals surface area contributed by atoms with Crippen LogP contribution in [0.15, 0.2) is 36.4 Å². The Kier molecular flexibility index (Phi) is 5.48. The first-order valence-corrected chi connectivity index (χ1v) is 9.26. The fourth-order valence-corrected chi connectivity index (χ4v) is 3.97. The maximum atomic E-state index is 12.5. The SMILES string of the molecule is COc1ccc(C(=O)/C=C/c2ccc(C)s2)cc1C[NH+]1CCCC1. The molecule has 1 aliphatic heterocycles. The lowest BCUT2D eigenvalue weighted by Crippen LogP contribution is -3.08. The van der Waals surface area contributed by atoms with Gasteiger partial charge in [-0.15, -0.1) is 11.3 Å². The average Bonchev–Trinajstić information content (AvgIpc) is 3.24. The molecule has 0 amide bonds. The molecule has 0 aliphatic carbocycles. The van der Waals surface area contributed by atoms with Crippen molar-refractivity contribution in [2.24, 2.45) is 0 Å². The molecule has 24 heavy (non-hydrogen) atoms. The first-order valence-electron chi connectivity index (χ1n) is 8.45. The van der Waals surface area contributed by atoms with Crippen molar-refractivity contribution in [1.82, 2.24) is 0 Å². The quantitative estimate of drug-likeness (QED) is 0.646. The highest BCUT2D eigenvalue weighted by Gasteiger charge is 2.18. The monoisotopic (exact) mass is 342 g/mol. The highest BCUT2D eigenvalue weighted by atomic mass is 32.1. The fraction of sp³-hybridized carbons (Fsp3) is 0.350. The van der Waals surface area contributed by atoms with E-state index < -0.39 is 0 Å². The standard InChI is InChI=1S/C20H23NO2S/c1-15-5-7-18(24-15)8-9-19(22)16-6-10-20(23-2)17(13-16)14-21-11-3-4-12-21/h5-10,13H,3-4,11-12,14H2,1-2H3/p+1/b9-8+. The number of quaternary nitrogens is 1. The van der Waals surface area contributed by atoms with Crippen LogP contribution in [0.4, 0.5) is 0 Å². The van der Waals surface area contributed by atoms with E-state index in [1.807, 2.05) is 30.3 Å². The van der Waals surface area contributed by atoms with Gasteiger partial charge in [0, 0.05) is 33.7 Å². The molecule has 1 aliphatic rings. The Labute approximate surface area is 147 Å². The molecule has 0 bridgehead atoms. The normalized spacial score (nSPS) is 15.2. The Bertz CT molecular complexity index is 742. The van der Waals surface area contributed by atoms with Gasteiger partial charge in [-0.2, -0.15) is 0 Å². The number of allylic oxidation sites excluding steroid dienone is 1. The lowest BCUT2D eigenvalue weighted by Gasteiger charge is -2.15. The van der Waals surface area contributed by atoms with E-state index in [-0.39, 0.29) is 5.78 Å². The Morgan fingerprint density at radius 3 is 2.71 bits per heavy atom. The first-order chi connectivity index (χ1) is 11.7. The number of nitrogens with one attached hydrogen (secondary N) is 1. The van der Waals surface area contributed by atoms with E-state index in [1.54, 1.807) is 29.4 Å². The van der Waals surface area contributed by atoms with Crippen molar-refractivity contribution < 1.29 is 14.4 Å². The summed E-state index contributed by atoms with van der Waals surface area (Å²) >= 11 is 1.69. The first kappa shape index (κ1) is 16.9. The number of rotatable bonds is 6. The van der Waals surface area contributed by atoms with Crippen LogP contribution in [0.2, 0.25) is 0 Å². The summed E-state index contributed by atoms with van der Waals surface area (Å²) in [4.78, 5) is 16.4. The van der Waals surface area contributed by atoms with Crippen LogP contribution >= 0.6 is 11.3 Å². The predicted octanol–water partition coefficient (Wildman–Crippen LogP) is 3.14. The number of thiophene rings is 1. The van der Waals surface area contributed by atoms with E-state index in [1.165, 1.54) is 30.8 Å². The number of likely N-dealkylation sites (tertiary alicyclic amines) is 1. The topological polar surface area (TPSA) is 30.7 Å². The fourth-order valence-electron chi connectivity index (χ4n) is 3.19. The van der Waals surface area contributed by atoms with Crippen LogP contribution < -0.4 is 9.64 Å². The molecule has 3 nitrogen and oxygen atoms in total. The van der Waals surface area contributed by atoms with Gasteiger partial charge in [-0.3, -0.25) is 4.79 Å². The average molecular weight is 342 g/mol. The third-order valence-electron chi connectivity index (χ3n) is 4.48. The molecule has 126 valence electrons. The molecule has 0 radical (unpaired) electrons. The molecule has 0 atom stereocenters. The Balaban J connectivity index is 1.76. The van der Waals surface area contributed by atoms with Crippen LogP contribution in [-0.4, -0.2) is 26.0 Å². The smallest absolute Gasteiger partial charge is 0.185 e. The van der Waals surface area contributed by atoms with Gasteiger partial charge in [0.05, 0.1) is 20.2 Å². The van der Waals surface area contributed by atoms with E-state index >= 15 is 0 Å². The molecule has 1 saturated heterocycles. The largest absolute Gasteiger partial charge is 0.496 e. The minimum atomic E-state index is 0.0429. The number of methoxy groups -OCH3 is 1. The van der Waals surface area contributed by atoms with E-state index in [2.05, 4.69) is 13.0 Å². The lowest BCUT2D eigenvalue weighted by atomic mass is 10.1. The summed E-state index contributed by atoms with van der Waals surface area (Å²) in [5.41, 5.74) is 1.86. The van der Waals surface area contributed by atoms with Gasteiger partial charge in [-0.05, 0) is 49.4 Å². The Hall–Kier alpha value is -1.91. The third kappa shape index (κ3) is 4.13. The number of carbonyl (C=O) groups is 1. The molecule has 4 heteroatoms. The van der Waals surface area contributed by atoms with Gasteiger partial charge in [0.2, 0.25) is 0 Å². The number of aryl methyl sites for hydroxylation is 1. The van der Waals surface area contributed by atoms with Crippen molar-refractivity contribution >= 4 is 23.2 Å². The second-order valence-corrected chi connectivity index (χ2v) is 7.63. The van der Waals surface area contributed by atoms with Crippen LogP contribution in [0.3, 0.4) is 0 Å². The molecule has 2 aromatic rings. The van der Waals surface area contributed by atoms with Gasteiger partial charge in [0.25, 0.3) is 0 Å². The summed E-state index contributed by atoms with van der Waals surface area (Å²) in [7, 11) is 1.69. The molecule has 0 spiro atoms. The molecule has 0 unspecified atom stereocenters. The van der Waals surface area contributed by atoms with Gasteiger partial charge < -0.3 is 9.64 Å². The molecule has 0 saturated carbocycles. The van der Waals surface area contributed by atoms with Crippen molar-refractivity contribution in [2.45, 2.75) is 26.3 Å². The molecular formula is C20H24NO2S+. The van der Waals surface area contributed by atoms with Crippen LogP contribution in [-0.2, 0) is 6.54 Å². The highest BCUT2D eigenvalue weighted by Crippen LogP contribution is 2.21. The second kappa shape index (κ2) is 7.77. The third-order valence-corrected chi connectivity index (χ3v) is 5.44. The summed E-state index contributed by atoms with van der Waals surface area (Å²) in [5.74, 6) is 0.921. The van der Waals surface area contributed by atoms with Crippen molar-refractivity contribution in [2.75, 3.05) is 20.2 Å². The van der Waals surface area contributed by atoms with Crippen molar-refractivity contribution in [3.05, 3.63) is 57.3 Å². The number of ether oxygens (including phenoxy) is 1. The Morgan fingerprint density at radius 2 is 2.04 bits per heavy atom. The molecule has 2 heterocycles. The minimum absolute atomic E-state index is 0.0429. The van der Waals surface area contributed by atoms with Crippen molar-refractivity contribution in [3.63, 3.8) is 0 Å². The number of hydrogen-bond acceptors (Lipinski definition) is 3. The van der Waals surface area contributed by atoms with Crippen LogP contribution in [0.1, 0.15) is 38.5 Å².